The van der Waals surface area contributed by atoms with Crippen molar-refractivity contribution in [2.24, 2.45) is 0 Å². The SMILES string of the molecule is CCn1c(CN(C)Cc2ccc(/C=C/C(=O)NO)cc2)nc2c(N3CCOCC3)nc(Cl)nc21. The van der Waals surface area contributed by atoms with E-state index in [1.165, 1.54) is 6.08 Å². The van der Waals surface area contributed by atoms with Gasteiger partial charge in [0, 0.05) is 32.3 Å². The third kappa shape index (κ3) is 5.53. The van der Waals surface area contributed by atoms with Gasteiger partial charge in [-0.15, -0.1) is 0 Å². The van der Waals surface area contributed by atoms with E-state index < -0.39 is 5.91 Å². The van der Waals surface area contributed by atoms with Crippen molar-refractivity contribution in [3.8, 4) is 0 Å². The molecule has 1 aromatic carbocycles. The van der Waals surface area contributed by atoms with E-state index in [9.17, 15) is 4.79 Å². The van der Waals surface area contributed by atoms with Crippen molar-refractivity contribution in [3.63, 3.8) is 0 Å². The van der Waals surface area contributed by atoms with Crippen LogP contribution in [0.15, 0.2) is 30.3 Å². The highest BCUT2D eigenvalue weighted by Gasteiger charge is 2.22. The summed E-state index contributed by atoms with van der Waals surface area (Å²) < 4.78 is 7.56. The number of ether oxygens (including phenoxy) is 1. The fourth-order valence-corrected chi connectivity index (χ4v) is 4.17. The topological polar surface area (TPSA) is 109 Å². The van der Waals surface area contributed by atoms with Gasteiger partial charge < -0.3 is 14.2 Å². The molecule has 180 valence electrons. The van der Waals surface area contributed by atoms with Crippen molar-refractivity contribution in [2.75, 3.05) is 38.3 Å². The number of halogens is 1. The second-order valence-corrected chi connectivity index (χ2v) is 8.42. The molecule has 1 amide bonds. The molecule has 0 saturated carbocycles. The number of aryl methyl sites for hydroxylation is 1. The molecule has 0 spiro atoms. The molecule has 0 bridgehead atoms. The zero-order valence-electron chi connectivity index (χ0n) is 19.2. The molecule has 10 nitrogen and oxygen atoms in total. The van der Waals surface area contributed by atoms with Crippen LogP contribution in [0.1, 0.15) is 23.9 Å². The number of carbonyl (C=O) groups excluding carboxylic acids is 1. The van der Waals surface area contributed by atoms with E-state index in [1.54, 1.807) is 11.6 Å². The fraction of sp³-hybridized carbons (Fsp3) is 0.391. The summed E-state index contributed by atoms with van der Waals surface area (Å²) in [5.74, 6) is 1.10. The molecule has 1 aliphatic rings. The molecular formula is C23H28ClN7O3. The van der Waals surface area contributed by atoms with Crippen molar-refractivity contribution >= 4 is 40.6 Å². The van der Waals surface area contributed by atoms with Gasteiger partial charge in [-0.2, -0.15) is 9.97 Å². The number of rotatable bonds is 8. The number of nitrogens with zero attached hydrogens (tertiary/aromatic N) is 6. The maximum absolute atomic E-state index is 11.1. The molecule has 4 rings (SSSR count). The Bertz CT molecular complexity index is 1170. The second-order valence-electron chi connectivity index (χ2n) is 8.08. The van der Waals surface area contributed by atoms with Crippen LogP contribution in [-0.2, 0) is 29.2 Å². The maximum atomic E-state index is 11.1. The molecular weight excluding hydrogens is 458 g/mol. The highest BCUT2D eigenvalue weighted by molar-refractivity contribution is 6.28. The van der Waals surface area contributed by atoms with Crippen LogP contribution in [-0.4, -0.2) is 68.9 Å². The standard InChI is InChI=1S/C23H28ClN7O3/c1-3-31-18(15-29(2)14-17-6-4-16(5-7-17)8-9-19(32)28-33)25-20-21(26-23(24)27-22(20)31)30-10-12-34-13-11-30/h4-9,33H,3,10-15H2,1-2H3,(H,28,32)/b9-8+. The Hall–Kier alpha value is -3.05. The predicted octanol–water partition coefficient (Wildman–Crippen LogP) is 2.49. The molecule has 0 aliphatic carbocycles. The van der Waals surface area contributed by atoms with Gasteiger partial charge >= 0.3 is 0 Å². The quantitative estimate of drug-likeness (QED) is 0.217. The fourth-order valence-electron chi connectivity index (χ4n) is 4.01. The van der Waals surface area contributed by atoms with E-state index in [4.69, 9.17) is 26.5 Å². The first-order chi connectivity index (χ1) is 16.5. The summed E-state index contributed by atoms with van der Waals surface area (Å²) in [6.07, 6.45) is 2.91. The lowest BCUT2D eigenvalue weighted by atomic mass is 10.1. The number of nitrogens with one attached hydrogen (secondary N) is 1. The minimum atomic E-state index is -0.564. The number of anilines is 1. The van der Waals surface area contributed by atoms with Crippen molar-refractivity contribution in [2.45, 2.75) is 26.6 Å². The number of morpholine rings is 1. The van der Waals surface area contributed by atoms with Crippen LogP contribution in [0.4, 0.5) is 5.82 Å². The van der Waals surface area contributed by atoms with Crippen LogP contribution < -0.4 is 10.4 Å². The van der Waals surface area contributed by atoms with Gasteiger partial charge in [0.1, 0.15) is 5.82 Å². The number of imidazole rings is 1. The number of hydrogen-bond donors (Lipinski definition) is 2. The molecule has 0 atom stereocenters. The lowest BCUT2D eigenvalue weighted by molar-refractivity contribution is -0.124. The highest BCUT2D eigenvalue weighted by Crippen LogP contribution is 2.27. The van der Waals surface area contributed by atoms with E-state index in [2.05, 4.69) is 31.3 Å². The lowest BCUT2D eigenvalue weighted by Gasteiger charge is -2.27. The predicted molar refractivity (Wildman–Crippen MR) is 130 cm³/mol. The van der Waals surface area contributed by atoms with Crippen molar-refractivity contribution in [3.05, 3.63) is 52.6 Å². The smallest absolute Gasteiger partial charge is 0.267 e. The molecule has 1 aliphatic heterocycles. The Kier molecular flexibility index (Phi) is 7.73. The van der Waals surface area contributed by atoms with Crippen molar-refractivity contribution < 1.29 is 14.7 Å². The normalized spacial score (nSPS) is 14.4. The Labute approximate surface area is 202 Å². The zero-order chi connectivity index (χ0) is 24.1. The van der Waals surface area contributed by atoms with Gasteiger partial charge in [-0.25, -0.2) is 10.5 Å². The number of amides is 1. The molecule has 0 unspecified atom stereocenters. The lowest BCUT2D eigenvalue weighted by Crippen LogP contribution is -2.37. The highest BCUT2D eigenvalue weighted by atomic mass is 35.5. The van der Waals surface area contributed by atoms with Crippen LogP contribution in [0, 0.1) is 0 Å². The molecule has 34 heavy (non-hydrogen) atoms. The monoisotopic (exact) mass is 485 g/mol. The first kappa shape index (κ1) is 24.1. The van der Waals surface area contributed by atoms with Crippen LogP contribution >= 0.6 is 11.6 Å². The molecule has 1 saturated heterocycles. The zero-order valence-corrected chi connectivity index (χ0v) is 20.0. The average Bonchev–Trinajstić information content (AvgIpc) is 3.19. The summed E-state index contributed by atoms with van der Waals surface area (Å²) >= 11 is 6.28. The number of benzene rings is 1. The van der Waals surface area contributed by atoms with Gasteiger partial charge in [0.2, 0.25) is 5.28 Å². The number of aromatic nitrogens is 4. The Balaban J connectivity index is 1.52. The Morgan fingerprint density at radius 2 is 1.94 bits per heavy atom. The van der Waals surface area contributed by atoms with E-state index in [0.29, 0.717) is 19.8 Å². The van der Waals surface area contributed by atoms with Crippen LogP contribution in [0.5, 0.6) is 0 Å². The van der Waals surface area contributed by atoms with Crippen LogP contribution in [0.3, 0.4) is 0 Å². The van der Waals surface area contributed by atoms with Gasteiger partial charge in [-0.1, -0.05) is 24.3 Å². The maximum Gasteiger partial charge on any atom is 0.267 e. The van der Waals surface area contributed by atoms with Gasteiger partial charge in [-0.3, -0.25) is 14.9 Å². The van der Waals surface area contributed by atoms with Crippen LogP contribution in [0.25, 0.3) is 17.2 Å². The summed E-state index contributed by atoms with van der Waals surface area (Å²) in [7, 11) is 2.04. The molecule has 11 heteroatoms. The summed E-state index contributed by atoms with van der Waals surface area (Å²) in [6, 6.07) is 7.88. The number of hydroxylamine groups is 1. The summed E-state index contributed by atoms with van der Waals surface area (Å²) in [4.78, 5) is 29.4. The molecule has 2 aromatic heterocycles. The first-order valence-electron chi connectivity index (χ1n) is 11.1. The minimum Gasteiger partial charge on any atom is -0.378 e. The second kappa shape index (κ2) is 10.9. The largest absolute Gasteiger partial charge is 0.378 e. The third-order valence-corrected chi connectivity index (χ3v) is 5.80. The van der Waals surface area contributed by atoms with E-state index in [1.807, 2.05) is 31.3 Å². The number of carbonyl (C=O) groups is 1. The number of fused-ring (bicyclic) bond motifs is 1. The van der Waals surface area contributed by atoms with Crippen molar-refractivity contribution in [1.82, 2.24) is 29.9 Å². The molecule has 1 fully saturated rings. The molecule has 3 heterocycles. The molecule has 0 radical (unpaired) electrons. The summed E-state index contributed by atoms with van der Waals surface area (Å²) in [6.45, 7) is 6.92. The first-order valence-corrected chi connectivity index (χ1v) is 11.5. The van der Waals surface area contributed by atoms with E-state index in [0.717, 1.165) is 60.1 Å². The van der Waals surface area contributed by atoms with Crippen LogP contribution in [0.2, 0.25) is 5.28 Å². The van der Waals surface area contributed by atoms with Gasteiger partial charge in [0.05, 0.1) is 19.8 Å². The minimum absolute atomic E-state index is 0.217. The van der Waals surface area contributed by atoms with Crippen molar-refractivity contribution in [1.29, 1.82) is 0 Å². The van der Waals surface area contributed by atoms with E-state index >= 15 is 0 Å². The average molecular weight is 486 g/mol. The van der Waals surface area contributed by atoms with Gasteiger partial charge in [-0.05, 0) is 42.8 Å². The third-order valence-electron chi connectivity index (χ3n) is 5.64. The number of hydrogen-bond acceptors (Lipinski definition) is 8. The van der Waals surface area contributed by atoms with Gasteiger partial charge in [0.15, 0.2) is 17.0 Å². The summed E-state index contributed by atoms with van der Waals surface area (Å²) in [5, 5.41) is 8.79. The molecule has 3 aromatic rings. The van der Waals surface area contributed by atoms with Gasteiger partial charge in [0.25, 0.3) is 5.91 Å². The Morgan fingerprint density at radius 1 is 1.21 bits per heavy atom. The Morgan fingerprint density at radius 3 is 2.62 bits per heavy atom. The summed E-state index contributed by atoms with van der Waals surface area (Å²) in [5.41, 5.74) is 5.08. The van der Waals surface area contributed by atoms with E-state index in [-0.39, 0.29) is 5.28 Å². The molecule has 2 N–H and O–H groups in total.